The van der Waals surface area contributed by atoms with Crippen LogP contribution in [0.15, 0.2) is 158 Å². The third kappa shape index (κ3) is 5.24. The van der Waals surface area contributed by atoms with Crippen LogP contribution in [0.5, 0.6) is 0 Å². The fourth-order valence-corrected chi connectivity index (χ4v) is 7.15. The van der Waals surface area contributed by atoms with Crippen LogP contribution in [0.2, 0.25) is 0 Å². The first-order chi connectivity index (χ1) is 23.7. The average Bonchev–Trinajstić information content (AvgIpc) is 3.45. The lowest BCUT2D eigenvalue weighted by atomic mass is 9.67. The topological polar surface area (TPSA) is 94.4 Å². The van der Waals surface area contributed by atoms with Gasteiger partial charge in [0, 0.05) is 30.8 Å². The molecule has 1 heterocycles. The number of nitrogens with two attached hydrogens (primary N) is 2. The maximum Gasteiger partial charge on any atom is 0.129 e. The predicted octanol–water partition coefficient (Wildman–Crippen LogP) is 8.45. The minimum Gasteiger partial charge on any atom is -0.493 e. The van der Waals surface area contributed by atoms with Crippen molar-refractivity contribution in [2.75, 3.05) is 6.61 Å². The molecule has 0 spiro atoms. The van der Waals surface area contributed by atoms with E-state index in [0.717, 1.165) is 33.3 Å². The van der Waals surface area contributed by atoms with Gasteiger partial charge in [0.2, 0.25) is 0 Å². The highest BCUT2D eigenvalue weighted by molar-refractivity contribution is 6.09. The fraction of sp³-hybridized carbons (Fsp3) is 0.0930. The summed E-state index contributed by atoms with van der Waals surface area (Å²) in [5, 5.41) is 11.8. The summed E-state index contributed by atoms with van der Waals surface area (Å²) >= 11 is 0. The first kappa shape index (κ1) is 30.7. The second-order valence-corrected chi connectivity index (χ2v) is 11.8. The molecule has 6 aromatic rings. The zero-order chi connectivity index (χ0) is 32.9. The summed E-state index contributed by atoms with van der Waals surface area (Å²) in [7, 11) is 0. The Morgan fingerprint density at radius 3 is 2.08 bits per heavy atom. The molecule has 0 radical (unpaired) electrons. The van der Waals surface area contributed by atoms with Crippen LogP contribution in [-0.2, 0) is 16.8 Å². The van der Waals surface area contributed by atoms with E-state index in [4.69, 9.17) is 16.2 Å². The van der Waals surface area contributed by atoms with E-state index < -0.39 is 5.41 Å². The Morgan fingerprint density at radius 1 is 0.750 bits per heavy atom. The highest BCUT2D eigenvalue weighted by Crippen LogP contribution is 2.59. The van der Waals surface area contributed by atoms with E-state index in [1.165, 1.54) is 51.2 Å². The van der Waals surface area contributed by atoms with E-state index in [0.29, 0.717) is 13.0 Å². The highest BCUT2D eigenvalue weighted by atomic mass is 16.5. The van der Waals surface area contributed by atoms with Crippen molar-refractivity contribution in [3.05, 3.63) is 192 Å². The Bertz CT molecular complexity index is 2110. The van der Waals surface area contributed by atoms with Crippen LogP contribution in [0.3, 0.4) is 0 Å². The van der Waals surface area contributed by atoms with E-state index in [-0.39, 0.29) is 6.61 Å². The monoisotopic (exact) mass is 627 g/mol. The molecule has 0 bridgehead atoms. The molecule has 7 rings (SSSR count). The zero-order valence-electron chi connectivity index (χ0n) is 26.6. The number of hydrogen-bond donors (Lipinski definition) is 3. The van der Waals surface area contributed by atoms with Gasteiger partial charge in [0.1, 0.15) is 6.61 Å². The minimum absolute atomic E-state index is 0.0830. The number of benzene rings is 5. The summed E-state index contributed by atoms with van der Waals surface area (Å²) in [5.41, 5.74) is 23.2. The number of aliphatic hydroxyl groups excluding tert-OH is 1. The largest absolute Gasteiger partial charge is 0.493 e. The molecule has 5 aromatic carbocycles. The lowest BCUT2D eigenvalue weighted by Crippen LogP contribution is -2.28. The lowest BCUT2D eigenvalue weighted by molar-refractivity contribution is 0.232. The van der Waals surface area contributed by atoms with Gasteiger partial charge in [-0.3, -0.25) is 4.98 Å². The molecule has 0 atom stereocenters. The third-order valence-electron chi connectivity index (χ3n) is 9.20. The van der Waals surface area contributed by atoms with Gasteiger partial charge in [-0.2, -0.15) is 0 Å². The van der Waals surface area contributed by atoms with Gasteiger partial charge in [-0.15, -0.1) is 0 Å². The molecule has 0 saturated carbocycles. The van der Waals surface area contributed by atoms with E-state index in [1.54, 1.807) is 6.20 Å². The number of nitrogens with zero attached hydrogens (tertiary/aromatic N) is 1. The second-order valence-electron chi connectivity index (χ2n) is 11.8. The van der Waals surface area contributed by atoms with Crippen LogP contribution < -0.4 is 11.5 Å². The normalized spacial score (nSPS) is 13.6. The highest BCUT2D eigenvalue weighted by Gasteiger charge is 2.47. The molecule has 0 fully saturated rings. The number of rotatable bonds is 10. The molecular formula is C43H37N3O2. The van der Waals surface area contributed by atoms with E-state index in [9.17, 15) is 5.11 Å². The number of allylic oxidation sites excluding steroid dienone is 2. The third-order valence-corrected chi connectivity index (χ3v) is 9.20. The van der Waals surface area contributed by atoms with Gasteiger partial charge in [-0.25, -0.2) is 0 Å². The Balaban J connectivity index is 1.54. The maximum atomic E-state index is 9.49. The number of aromatic nitrogens is 1. The van der Waals surface area contributed by atoms with Gasteiger partial charge < -0.3 is 21.3 Å². The van der Waals surface area contributed by atoms with Crippen molar-refractivity contribution < 1.29 is 9.84 Å². The SMILES string of the molecule is N/C=C\OCc1ccc(-c2ccc3c(c2)C(c2ccccc2)(c2ccccc2)c2cc(C(/C=C\CCO)=C/N)c4ccccc4c2-3)cn1. The molecule has 1 aliphatic carbocycles. The smallest absolute Gasteiger partial charge is 0.129 e. The van der Waals surface area contributed by atoms with E-state index >= 15 is 0 Å². The molecule has 5 N–H and O–H groups in total. The van der Waals surface area contributed by atoms with E-state index in [2.05, 4.69) is 120 Å². The van der Waals surface area contributed by atoms with Crippen LogP contribution in [0.1, 0.15) is 39.9 Å². The quantitative estimate of drug-likeness (QED) is 0.105. The molecule has 5 nitrogen and oxygen atoms in total. The van der Waals surface area contributed by atoms with Crippen LogP contribution in [0, 0.1) is 0 Å². The van der Waals surface area contributed by atoms with Crippen molar-refractivity contribution in [1.29, 1.82) is 0 Å². The molecule has 0 saturated heterocycles. The number of pyridine rings is 1. The molecular weight excluding hydrogens is 590 g/mol. The first-order valence-corrected chi connectivity index (χ1v) is 16.2. The summed E-state index contributed by atoms with van der Waals surface area (Å²) in [6.45, 7) is 0.433. The lowest BCUT2D eigenvalue weighted by Gasteiger charge is -2.34. The summed E-state index contributed by atoms with van der Waals surface area (Å²) < 4.78 is 5.44. The van der Waals surface area contributed by atoms with Gasteiger partial charge >= 0.3 is 0 Å². The zero-order valence-corrected chi connectivity index (χ0v) is 26.6. The van der Waals surface area contributed by atoms with Crippen LogP contribution in [0.25, 0.3) is 38.6 Å². The Morgan fingerprint density at radius 2 is 1.44 bits per heavy atom. The molecule has 0 unspecified atom stereocenters. The summed E-state index contributed by atoms with van der Waals surface area (Å²) in [5.74, 6) is 0. The summed E-state index contributed by atoms with van der Waals surface area (Å²) in [6.07, 6.45) is 11.0. The standard InChI is InChI=1S/C43H37N3O2/c44-22-24-48-29-35-20-18-32(28-46-35)30-19-21-38-40(25-30)43(33-12-3-1-4-13-33,34-14-5-2-6-15-34)41-26-39(31(27-45)11-9-10-23-47)36-16-7-8-17-37(36)42(38)41/h1-9,11-22,24-28,47H,10,23,29,44-45H2/b11-9-,24-22-,31-27+. The first-order valence-electron chi connectivity index (χ1n) is 16.2. The van der Waals surface area contributed by atoms with Gasteiger partial charge in [0.15, 0.2) is 0 Å². The predicted molar refractivity (Wildman–Crippen MR) is 196 cm³/mol. The number of hydrogen-bond acceptors (Lipinski definition) is 5. The molecule has 236 valence electrons. The van der Waals surface area contributed by atoms with Crippen LogP contribution in [0.4, 0.5) is 0 Å². The van der Waals surface area contributed by atoms with Gasteiger partial charge in [-0.1, -0.05) is 115 Å². The molecule has 5 heteroatoms. The van der Waals surface area contributed by atoms with Crippen molar-refractivity contribution >= 4 is 16.3 Å². The summed E-state index contributed by atoms with van der Waals surface area (Å²) in [4.78, 5) is 4.68. The Kier molecular flexibility index (Phi) is 8.61. The average molecular weight is 628 g/mol. The minimum atomic E-state index is -0.619. The van der Waals surface area contributed by atoms with Gasteiger partial charge in [-0.05, 0) is 85.5 Å². The molecule has 0 aliphatic heterocycles. The number of aliphatic hydroxyl groups is 1. The van der Waals surface area contributed by atoms with Crippen molar-refractivity contribution in [3.63, 3.8) is 0 Å². The second kappa shape index (κ2) is 13.4. The number of ether oxygens (including phenoxy) is 1. The Labute approximate surface area is 281 Å². The van der Waals surface area contributed by atoms with Crippen molar-refractivity contribution in [2.24, 2.45) is 11.5 Å². The van der Waals surface area contributed by atoms with Gasteiger partial charge in [0.05, 0.1) is 17.4 Å². The van der Waals surface area contributed by atoms with E-state index in [1.807, 2.05) is 24.4 Å². The molecule has 0 amide bonds. The fourth-order valence-electron chi connectivity index (χ4n) is 7.15. The van der Waals surface area contributed by atoms with Crippen LogP contribution >= 0.6 is 0 Å². The summed E-state index contributed by atoms with van der Waals surface area (Å²) in [6, 6.07) is 43.4. The molecule has 48 heavy (non-hydrogen) atoms. The Hall–Kier alpha value is -5.91. The van der Waals surface area contributed by atoms with Crippen LogP contribution in [-0.4, -0.2) is 16.7 Å². The van der Waals surface area contributed by atoms with Gasteiger partial charge in [0.25, 0.3) is 0 Å². The van der Waals surface area contributed by atoms with Crippen molar-refractivity contribution in [2.45, 2.75) is 18.4 Å². The molecule has 1 aromatic heterocycles. The van der Waals surface area contributed by atoms with Crippen molar-refractivity contribution in [1.82, 2.24) is 4.98 Å². The van der Waals surface area contributed by atoms with Crippen molar-refractivity contribution in [3.8, 4) is 22.3 Å². The number of fused-ring (bicyclic) bond motifs is 5. The maximum absolute atomic E-state index is 9.49. The molecule has 1 aliphatic rings.